The van der Waals surface area contributed by atoms with Gasteiger partial charge in [0.05, 0.1) is 6.04 Å². The Morgan fingerprint density at radius 1 is 1.28 bits per heavy atom. The van der Waals surface area contributed by atoms with Gasteiger partial charge in [0.1, 0.15) is 0 Å². The molecule has 2 heterocycles. The number of hydrogen-bond donors (Lipinski definition) is 1. The Morgan fingerprint density at radius 2 is 2.11 bits per heavy atom. The number of amides is 1. The largest absolute Gasteiger partial charge is 0.465 e. The molecule has 0 spiro atoms. The lowest BCUT2D eigenvalue weighted by molar-refractivity contribution is 0.130. The van der Waals surface area contributed by atoms with Crippen LogP contribution in [-0.4, -0.2) is 22.6 Å². The number of carboxylic acid groups (broad SMARTS) is 1. The van der Waals surface area contributed by atoms with Gasteiger partial charge in [0, 0.05) is 11.4 Å². The Bertz CT molecular complexity index is 565. The van der Waals surface area contributed by atoms with E-state index >= 15 is 0 Å². The molecule has 3 rings (SSSR count). The average Bonchev–Trinajstić information content (AvgIpc) is 2.90. The Hall–Kier alpha value is -1.81. The van der Waals surface area contributed by atoms with E-state index in [1.54, 1.807) is 11.3 Å². The summed E-state index contributed by atoms with van der Waals surface area (Å²) in [5, 5.41) is 11.4. The van der Waals surface area contributed by atoms with E-state index in [-0.39, 0.29) is 6.04 Å². The average molecular weight is 259 g/mol. The summed E-state index contributed by atoms with van der Waals surface area (Å²) in [6.45, 7) is 0.564. The van der Waals surface area contributed by atoms with Gasteiger partial charge in [-0.05, 0) is 29.0 Å². The molecule has 2 aromatic rings. The van der Waals surface area contributed by atoms with Crippen LogP contribution in [0.2, 0.25) is 0 Å². The van der Waals surface area contributed by atoms with Gasteiger partial charge < -0.3 is 5.11 Å². The van der Waals surface area contributed by atoms with Crippen LogP contribution in [0, 0.1) is 0 Å². The summed E-state index contributed by atoms with van der Waals surface area (Å²) >= 11 is 1.61. The van der Waals surface area contributed by atoms with E-state index in [0.717, 1.165) is 16.9 Å². The summed E-state index contributed by atoms with van der Waals surface area (Å²) in [4.78, 5) is 14.0. The minimum absolute atomic E-state index is 0.146. The Balaban J connectivity index is 2.12. The molecule has 0 fully saturated rings. The number of benzene rings is 1. The second-order valence-corrected chi connectivity index (χ2v) is 5.32. The molecule has 1 N–H and O–H groups in total. The highest BCUT2D eigenvalue weighted by atomic mass is 32.1. The van der Waals surface area contributed by atoms with Crippen LogP contribution in [0.1, 0.15) is 22.0 Å². The summed E-state index contributed by atoms with van der Waals surface area (Å²) in [5.41, 5.74) is 2.38. The molecule has 0 radical (unpaired) electrons. The van der Waals surface area contributed by atoms with Crippen molar-refractivity contribution in [3.63, 3.8) is 0 Å². The van der Waals surface area contributed by atoms with E-state index < -0.39 is 6.09 Å². The monoisotopic (exact) mass is 259 g/mol. The van der Waals surface area contributed by atoms with Gasteiger partial charge in [0.15, 0.2) is 0 Å². The fourth-order valence-corrected chi connectivity index (χ4v) is 3.38. The lowest BCUT2D eigenvalue weighted by Gasteiger charge is -2.34. The van der Waals surface area contributed by atoms with Gasteiger partial charge in [-0.1, -0.05) is 30.3 Å². The number of carbonyl (C=O) groups is 1. The van der Waals surface area contributed by atoms with Crippen LogP contribution in [0.3, 0.4) is 0 Å². The van der Waals surface area contributed by atoms with Gasteiger partial charge in [0.25, 0.3) is 0 Å². The van der Waals surface area contributed by atoms with E-state index in [2.05, 4.69) is 6.07 Å². The Kier molecular flexibility index (Phi) is 2.80. The van der Waals surface area contributed by atoms with Crippen LogP contribution >= 0.6 is 11.3 Å². The molecule has 92 valence electrons. The molecule has 0 saturated carbocycles. The Morgan fingerprint density at radius 3 is 2.83 bits per heavy atom. The van der Waals surface area contributed by atoms with Crippen molar-refractivity contribution in [1.29, 1.82) is 0 Å². The molecule has 0 saturated heterocycles. The first-order valence-corrected chi connectivity index (χ1v) is 6.76. The highest BCUT2D eigenvalue weighted by Crippen LogP contribution is 2.36. The van der Waals surface area contributed by atoms with E-state index in [4.69, 9.17) is 0 Å². The number of hydrogen-bond acceptors (Lipinski definition) is 2. The number of fused-ring (bicyclic) bond motifs is 1. The van der Waals surface area contributed by atoms with Crippen molar-refractivity contribution in [3.05, 3.63) is 57.8 Å². The highest BCUT2D eigenvalue weighted by Gasteiger charge is 2.32. The van der Waals surface area contributed by atoms with Crippen molar-refractivity contribution < 1.29 is 9.90 Å². The minimum Gasteiger partial charge on any atom is -0.465 e. The molecule has 4 heteroatoms. The fourth-order valence-electron chi connectivity index (χ4n) is 2.53. The van der Waals surface area contributed by atoms with Crippen LogP contribution in [0.15, 0.2) is 41.8 Å². The quantitative estimate of drug-likeness (QED) is 0.853. The number of rotatable bonds is 1. The minimum atomic E-state index is -0.845. The molecule has 1 atom stereocenters. The summed E-state index contributed by atoms with van der Waals surface area (Å²) < 4.78 is 0. The van der Waals surface area contributed by atoms with Gasteiger partial charge in [-0.3, -0.25) is 4.90 Å². The third-order valence-corrected chi connectivity index (χ3v) is 4.27. The molecule has 1 aliphatic heterocycles. The molecule has 1 aliphatic rings. The summed E-state index contributed by atoms with van der Waals surface area (Å²) in [6, 6.07) is 12.0. The first-order chi connectivity index (χ1) is 8.77. The van der Waals surface area contributed by atoms with E-state index in [1.165, 1.54) is 10.5 Å². The van der Waals surface area contributed by atoms with Crippen molar-refractivity contribution in [2.45, 2.75) is 12.5 Å². The molecule has 1 aromatic heterocycles. The predicted octanol–water partition coefficient (Wildman–Crippen LogP) is 3.37. The SMILES string of the molecule is O=C(O)N1CCc2ccccc2C1c1cccs1. The van der Waals surface area contributed by atoms with Gasteiger partial charge in [-0.15, -0.1) is 11.3 Å². The highest BCUT2D eigenvalue weighted by molar-refractivity contribution is 7.10. The maximum atomic E-state index is 11.4. The predicted molar refractivity (Wildman–Crippen MR) is 71.0 cm³/mol. The van der Waals surface area contributed by atoms with Crippen LogP contribution in [0.5, 0.6) is 0 Å². The van der Waals surface area contributed by atoms with Crippen LogP contribution in [-0.2, 0) is 6.42 Å². The smallest absolute Gasteiger partial charge is 0.408 e. The van der Waals surface area contributed by atoms with E-state index in [0.29, 0.717) is 6.54 Å². The van der Waals surface area contributed by atoms with Gasteiger partial charge >= 0.3 is 6.09 Å². The molecule has 0 bridgehead atoms. The summed E-state index contributed by atoms with van der Waals surface area (Å²) in [7, 11) is 0. The molecule has 0 aliphatic carbocycles. The zero-order chi connectivity index (χ0) is 12.5. The second-order valence-electron chi connectivity index (χ2n) is 4.34. The standard InChI is InChI=1S/C14H13NO2S/c16-14(17)15-8-7-10-4-1-2-5-11(10)13(15)12-6-3-9-18-12/h1-6,9,13H,7-8H2,(H,16,17). The van der Waals surface area contributed by atoms with Crippen molar-refractivity contribution in [2.24, 2.45) is 0 Å². The van der Waals surface area contributed by atoms with Crippen molar-refractivity contribution in [2.75, 3.05) is 6.54 Å². The first kappa shape index (κ1) is 11.3. The van der Waals surface area contributed by atoms with E-state index in [9.17, 15) is 9.90 Å². The van der Waals surface area contributed by atoms with Gasteiger partial charge in [-0.25, -0.2) is 4.79 Å². The molecular formula is C14H13NO2S. The van der Waals surface area contributed by atoms with Crippen LogP contribution in [0.4, 0.5) is 4.79 Å². The van der Waals surface area contributed by atoms with Crippen LogP contribution in [0.25, 0.3) is 0 Å². The molecular weight excluding hydrogens is 246 g/mol. The van der Waals surface area contributed by atoms with Gasteiger partial charge in [-0.2, -0.15) is 0 Å². The van der Waals surface area contributed by atoms with E-state index in [1.807, 2.05) is 35.7 Å². The van der Waals surface area contributed by atoms with Gasteiger partial charge in [0.2, 0.25) is 0 Å². The zero-order valence-electron chi connectivity index (χ0n) is 9.74. The maximum Gasteiger partial charge on any atom is 0.408 e. The van der Waals surface area contributed by atoms with Crippen LogP contribution < -0.4 is 0 Å². The third kappa shape index (κ3) is 1.78. The molecule has 1 aromatic carbocycles. The Labute approximate surface area is 109 Å². The maximum absolute atomic E-state index is 11.4. The summed E-state index contributed by atoms with van der Waals surface area (Å²) in [5.74, 6) is 0. The van der Waals surface area contributed by atoms with Crippen molar-refractivity contribution >= 4 is 17.4 Å². The third-order valence-electron chi connectivity index (χ3n) is 3.34. The number of thiophene rings is 1. The summed E-state index contributed by atoms with van der Waals surface area (Å²) in [6.07, 6.45) is -0.0486. The molecule has 3 nitrogen and oxygen atoms in total. The first-order valence-electron chi connectivity index (χ1n) is 5.88. The lowest BCUT2D eigenvalue weighted by Crippen LogP contribution is -2.39. The number of nitrogens with zero attached hydrogens (tertiary/aromatic N) is 1. The molecule has 1 amide bonds. The fraction of sp³-hybridized carbons (Fsp3) is 0.214. The second kappa shape index (κ2) is 4.46. The normalized spacial score (nSPS) is 18.4. The molecule has 18 heavy (non-hydrogen) atoms. The van der Waals surface area contributed by atoms with Crippen molar-refractivity contribution in [3.8, 4) is 0 Å². The van der Waals surface area contributed by atoms with Crippen molar-refractivity contribution in [1.82, 2.24) is 4.90 Å². The zero-order valence-corrected chi connectivity index (χ0v) is 10.6. The molecule has 1 unspecified atom stereocenters. The topological polar surface area (TPSA) is 40.5 Å². The lowest BCUT2D eigenvalue weighted by atomic mass is 9.92.